The molecule has 1 spiro atoms. The molecule has 3 fully saturated rings. The quantitative estimate of drug-likeness (QED) is 0.823. The van der Waals surface area contributed by atoms with E-state index in [-0.39, 0.29) is 17.6 Å². The minimum Gasteiger partial charge on any atom is -0.381 e. The van der Waals surface area contributed by atoms with Gasteiger partial charge < -0.3 is 18.9 Å². The number of rotatable bonds is 2. The van der Waals surface area contributed by atoms with E-state index in [0.29, 0.717) is 30.8 Å². The maximum Gasteiger partial charge on any atom is 0.255 e. The topological polar surface area (TPSA) is 77.7 Å². The third kappa shape index (κ3) is 3.07. The predicted octanol–water partition coefficient (Wildman–Crippen LogP) is 2.02. The second-order valence-corrected chi connectivity index (χ2v) is 7.22. The molecular formula is C17H25N3O4. The Labute approximate surface area is 141 Å². The standard InChI is InChI=1S/C17H25N3O4/c1-12-18-15(24-19-12)14-2-5-17(23-14)6-8-20(9-7-17)16(21)13-3-10-22-11-4-13/h13-14H,2-11H2,1H3/t14-/m0/s1. The van der Waals surface area contributed by atoms with Gasteiger partial charge in [-0.05, 0) is 45.4 Å². The smallest absolute Gasteiger partial charge is 0.255 e. The number of carbonyl (C=O) groups excluding carboxylic acids is 1. The SMILES string of the molecule is Cc1noc([C@@H]2CCC3(CCN(C(=O)C4CCOCC4)CC3)O2)n1. The third-order valence-electron chi connectivity index (χ3n) is 5.63. The summed E-state index contributed by atoms with van der Waals surface area (Å²) in [6, 6.07) is 0. The zero-order chi connectivity index (χ0) is 16.6. The lowest BCUT2D eigenvalue weighted by Crippen LogP contribution is -2.48. The number of hydrogen-bond donors (Lipinski definition) is 0. The van der Waals surface area contributed by atoms with Crippen LogP contribution in [0, 0.1) is 12.8 Å². The summed E-state index contributed by atoms with van der Waals surface area (Å²) in [4.78, 5) is 19.0. The molecule has 1 aromatic heterocycles. The summed E-state index contributed by atoms with van der Waals surface area (Å²) in [5, 5.41) is 3.85. The number of carbonyl (C=O) groups is 1. The van der Waals surface area contributed by atoms with E-state index < -0.39 is 0 Å². The van der Waals surface area contributed by atoms with E-state index in [0.717, 1.165) is 51.6 Å². The van der Waals surface area contributed by atoms with Crippen LogP contribution in [0.15, 0.2) is 4.52 Å². The normalized spacial score (nSPS) is 27.7. The Kier molecular flexibility index (Phi) is 4.30. The average Bonchev–Trinajstić information content (AvgIpc) is 3.23. The van der Waals surface area contributed by atoms with Crippen molar-refractivity contribution in [1.82, 2.24) is 15.0 Å². The van der Waals surface area contributed by atoms with Crippen molar-refractivity contribution in [2.75, 3.05) is 26.3 Å². The van der Waals surface area contributed by atoms with Gasteiger partial charge in [-0.15, -0.1) is 0 Å². The molecule has 0 saturated carbocycles. The van der Waals surface area contributed by atoms with Crippen molar-refractivity contribution >= 4 is 5.91 Å². The second kappa shape index (κ2) is 6.44. The molecule has 0 bridgehead atoms. The maximum atomic E-state index is 12.6. The highest BCUT2D eigenvalue weighted by Crippen LogP contribution is 2.44. The van der Waals surface area contributed by atoms with Crippen LogP contribution in [0.25, 0.3) is 0 Å². The van der Waals surface area contributed by atoms with Crippen LogP contribution in [0.3, 0.4) is 0 Å². The fourth-order valence-electron chi connectivity index (χ4n) is 4.14. The minimum atomic E-state index is -0.125. The van der Waals surface area contributed by atoms with Crippen LogP contribution in [-0.2, 0) is 14.3 Å². The average molecular weight is 335 g/mol. The molecule has 132 valence electrons. The Morgan fingerprint density at radius 1 is 1.17 bits per heavy atom. The molecule has 3 aliphatic rings. The number of ether oxygens (including phenoxy) is 2. The van der Waals surface area contributed by atoms with Gasteiger partial charge in [-0.25, -0.2) is 0 Å². The fraction of sp³-hybridized carbons (Fsp3) is 0.824. The van der Waals surface area contributed by atoms with Crippen molar-refractivity contribution in [1.29, 1.82) is 0 Å². The Bertz CT molecular complexity index is 588. The Morgan fingerprint density at radius 3 is 2.58 bits per heavy atom. The molecule has 7 heteroatoms. The molecule has 1 atom stereocenters. The monoisotopic (exact) mass is 335 g/mol. The maximum absolute atomic E-state index is 12.6. The van der Waals surface area contributed by atoms with Gasteiger partial charge in [-0.2, -0.15) is 4.98 Å². The number of amides is 1. The van der Waals surface area contributed by atoms with Crippen LogP contribution in [-0.4, -0.2) is 52.9 Å². The predicted molar refractivity (Wildman–Crippen MR) is 84.2 cm³/mol. The van der Waals surface area contributed by atoms with Gasteiger partial charge in [0.05, 0.1) is 5.60 Å². The summed E-state index contributed by atoms with van der Waals surface area (Å²) in [6.07, 6.45) is 5.32. The number of aromatic nitrogens is 2. The summed E-state index contributed by atoms with van der Waals surface area (Å²) in [7, 11) is 0. The van der Waals surface area contributed by atoms with Crippen LogP contribution < -0.4 is 0 Å². The number of hydrogen-bond acceptors (Lipinski definition) is 6. The van der Waals surface area contributed by atoms with Gasteiger partial charge in [-0.1, -0.05) is 5.16 Å². The van der Waals surface area contributed by atoms with E-state index >= 15 is 0 Å². The lowest BCUT2D eigenvalue weighted by Gasteiger charge is -2.40. The van der Waals surface area contributed by atoms with E-state index in [2.05, 4.69) is 10.1 Å². The largest absolute Gasteiger partial charge is 0.381 e. The molecular weight excluding hydrogens is 310 g/mol. The number of nitrogens with zero attached hydrogens (tertiary/aromatic N) is 3. The van der Waals surface area contributed by atoms with E-state index in [9.17, 15) is 4.79 Å². The van der Waals surface area contributed by atoms with E-state index in [4.69, 9.17) is 14.0 Å². The zero-order valence-corrected chi connectivity index (χ0v) is 14.2. The van der Waals surface area contributed by atoms with Gasteiger partial charge in [0.2, 0.25) is 5.91 Å². The lowest BCUT2D eigenvalue weighted by atomic mass is 9.87. The van der Waals surface area contributed by atoms with Crippen LogP contribution in [0.2, 0.25) is 0 Å². The van der Waals surface area contributed by atoms with Gasteiger partial charge in [0.15, 0.2) is 5.82 Å². The molecule has 4 rings (SSSR count). The Morgan fingerprint density at radius 2 is 1.92 bits per heavy atom. The molecule has 1 amide bonds. The molecule has 0 N–H and O–H groups in total. The van der Waals surface area contributed by atoms with Gasteiger partial charge >= 0.3 is 0 Å². The first-order valence-electron chi connectivity index (χ1n) is 9.00. The third-order valence-corrected chi connectivity index (χ3v) is 5.63. The first-order chi connectivity index (χ1) is 11.7. The molecule has 0 radical (unpaired) electrons. The van der Waals surface area contributed by atoms with Crippen molar-refractivity contribution in [3.8, 4) is 0 Å². The van der Waals surface area contributed by atoms with Gasteiger partial charge in [-0.3, -0.25) is 4.79 Å². The van der Waals surface area contributed by atoms with Crippen LogP contribution in [0.1, 0.15) is 56.3 Å². The number of likely N-dealkylation sites (tertiary alicyclic amines) is 1. The molecule has 24 heavy (non-hydrogen) atoms. The summed E-state index contributed by atoms with van der Waals surface area (Å²) in [6.45, 7) is 4.81. The van der Waals surface area contributed by atoms with Crippen LogP contribution in [0.4, 0.5) is 0 Å². The Hall–Kier alpha value is -1.47. The first-order valence-corrected chi connectivity index (χ1v) is 9.00. The highest BCUT2D eigenvalue weighted by molar-refractivity contribution is 5.79. The molecule has 1 aromatic rings. The summed E-state index contributed by atoms with van der Waals surface area (Å²) < 4.78 is 16.9. The second-order valence-electron chi connectivity index (χ2n) is 7.22. The van der Waals surface area contributed by atoms with Crippen molar-refractivity contribution in [3.05, 3.63) is 11.7 Å². The van der Waals surface area contributed by atoms with Crippen molar-refractivity contribution in [3.63, 3.8) is 0 Å². The van der Waals surface area contributed by atoms with Gasteiger partial charge in [0.1, 0.15) is 6.10 Å². The summed E-state index contributed by atoms with van der Waals surface area (Å²) in [5.41, 5.74) is -0.125. The molecule has 0 unspecified atom stereocenters. The fourth-order valence-corrected chi connectivity index (χ4v) is 4.14. The molecule has 3 saturated heterocycles. The zero-order valence-electron chi connectivity index (χ0n) is 14.2. The van der Waals surface area contributed by atoms with Crippen molar-refractivity contribution < 1.29 is 18.8 Å². The molecule has 7 nitrogen and oxygen atoms in total. The highest BCUT2D eigenvalue weighted by atomic mass is 16.5. The van der Waals surface area contributed by atoms with E-state index in [1.54, 1.807) is 0 Å². The number of piperidine rings is 1. The van der Waals surface area contributed by atoms with Crippen molar-refractivity contribution in [2.45, 2.75) is 57.2 Å². The molecule has 4 heterocycles. The first kappa shape index (κ1) is 16.0. The lowest BCUT2D eigenvalue weighted by molar-refractivity contribution is -0.145. The number of aryl methyl sites for hydroxylation is 1. The van der Waals surface area contributed by atoms with Crippen LogP contribution >= 0.6 is 0 Å². The summed E-state index contributed by atoms with van der Waals surface area (Å²) >= 11 is 0. The van der Waals surface area contributed by atoms with E-state index in [1.807, 2.05) is 11.8 Å². The molecule has 3 aliphatic heterocycles. The van der Waals surface area contributed by atoms with Crippen LogP contribution in [0.5, 0.6) is 0 Å². The van der Waals surface area contributed by atoms with Gasteiger partial charge in [0.25, 0.3) is 5.89 Å². The van der Waals surface area contributed by atoms with Gasteiger partial charge in [0, 0.05) is 32.2 Å². The van der Waals surface area contributed by atoms with E-state index in [1.165, 1.54) is 0 Å². The summed E-state index contributed by atoms with van der Waals surface area (Å²) in [5.74, 6) is 1.68. The highest BCUT2D eigenvalue weighted by Gasteiger charge is 2.45. The Balaban J connectivity index is 1.33. The molecule has 0 aromatic carbocycles. The minimum absolute atomic E-state index is 0.0936. The molecule has 0 aliphatic carbocycles. The van der Waals surface area contributed by atoms with Crippen molar-refractivity contribution in [2.24, 2.45) is 5.92 Å².